The van der Waals surface area contributed by atoms with Gasteiger partial charge in [-0.05, 0) is 29.7 Å². The van der Waals surface area contributed by atoms with Crippen LogP contribution in [0.5, 0.6) is 0 Å². The van der Waals surface area contributed by atoms with Crippen molar-refractivity contribution in [1.29, 1.82) is 0 Å². The molecule has 2 aromatic carbocycles. The Bertz CT molecular complexity index is 677. The first-order valence-corrected chi connectivity index (χ1v) is 8.32. The second-order valence-corrected chi connectivity index (χ2v) is 6.77. The van der Waals surface area contributed by atoms with Crippen LogP contribution in [0.3, 0.4) is 0 Å². The van der Waals surface area contributed by atoms with E-state index in [0.29, 0.717) is 6.42 Å². The van der Waals surface area contributed by atoms with Crippen LogP contribution in [0.4, 0.5) is 0 Å². The van der Waals surface area contributed by atoms with Gasteiger partial charge >= 0.3 is 0 Å². The van der Waals surface area contributed by atoms with Gasteiger partial charge in [-0.15, -0.1) is 0 Å². The van der Waals surface area contributed by atoms with E-state index < -0.39 is 16.1 Å². The monoisotopic (exact) mass is 293 g/mol. The van der Waals surface area contributed by atoms with Crippen molar-refractivity contribution in [2.24, 2.45) is 0 Å². The molecule has 0 bridgehead atoms. The zero-order chi connectivity index (χ0) is 14.6. The maximum Gasteiger partial charge on any atom is 0.211 e. The smallest absolute Gasteiger partial charge is 0.211 e. The SMILES string of the molecule is CCS(=O)(=O)NCCC(O)c1cccc2ccccc12. The molecule has 0 aliphatic heterocycles. The minimum atomic E-state index is -3.20. The normalized spacial score (nSPS) is 13.5. The van der Waals surface area contributed by atoms with Crippen LogP contribution in [0.15, 0.2) is 42.5 Å². The van der Waals surface area contributed by atoms with Gasteiger partial charge in [0.25, 0.3) is 0 Å². The second kappa shape index (κ2) is 6.35. The van der Waals surface area contributed by atoms with Gasteiger partial charge in [-0.25, -0.2) is 13.1 Å². The highest BCUT2D eigenvalue weighted by Crippen LogP contribution is 2.25. The number of benzene rings is 2. The van der Waals surface area contributed by atoms with Gasteiger partial charge in [0.15, 0.2) is 0 Å². The summed E-state index contributed by atoms with van der Waals surface area (Å²) in [5.74, 6) is 0.0529. The summed E-state index contributed by atoms with van der Waals surface area (Å²) in [6.07, 6.45) is -0.326. The highest BCUT2D eigenvalue weighted by molar-refractivity contribution is 7.89. The molecule has 0 spiro atoms. The van der Waals surface area contributed by atoms with Crippen LogP contribution in [-0.4, -0.2) is 25.8 Å². The van der Waals surface area contributed by atoms with Crippen LogP contribution in [0.1, 0.15) is 25.0 Å². The molecule has 1 unspecified atom stereocenters. The van der Waals surface area contributed by atoms with Crippen LogP contribution < -0.4 is 4.72 Å². The van der Waals surface area contributed by atoms with Crippen molar-refractivity contribution in [3.8, 4) is 0 Å². The molecule has 2 aromatic rings. The number of rotatable bonds is 6. The molecule has 0 amide bonds. The Labute approximate surface area is 119 Å². The fraction of sp³-hybridized carbons (Fsp3) is 0.333. The van der Waals surface area contributed by atoms with E-state index in [-0.39, 0.29) is 12.3 Å². The minimum absolute atomic E-state index is 0.0529. The largest absolute Gasteiger partial charge is 0.388 e. The maximum atomic E-state index is 11.3. The van der Waals surface area contributed by atoms with Gasteiger partial charge in [0.1, 0.15) is 0 Å². The molecular weight excluding hydrogens is 274 g/mol. The van der Waals surface area contributed by atoms with E-state index in [1.807, 2.05) is 42.5 Å². The predicted octanol–water partition coefficient (Wildman–Crippen LogP) is 2.20. The molecule has 0 fully saturated rings. The first-order valence-electron chi connectivity index (χ1n) is 6.66. The molecule has 1 atom stereocenters. The molecule has 2 rings (SSSR count). The fourth-order valence-electron chi connectivity index (χ4n) is 2.15. The van der Waals surface area contributed by atoms with Crippen LogP contribution in [0.25, 0.3) is 10.8 Å². The average Bonchev–Trinajstić information content (AvgIpc) is 2.46. The van der Waals surface area contributed by atoms with Crippen molar-refractivity contribution >= 4 is 20.8 Å². The summed E-state index contributed by atoms with van der Waals surface area (Å²) in [7, 11) is -3.20. The lowest BCUT2D eigenvalue weighted by atomic mass is 9.99. The van der Waals surface area contributed by atoms with E-state index in [9.17, 15) is 13.5 Å². The van der Waals surface area contributed by atoms with Crippen molar-refractivity contribution in [2.45, 2.75) is 19.4 Å². The lowest BCUT2D eigenvalue weighted by Crippen LogP contribution is -2.27. The van der Waals surface area contributed by atoms with Gasteiger partial charge < -0.3 is 5.11 Å². The number of nitrogens with one attached hydrogen (secondary N) is 1. The zero-order valence-electron chi connectivity index (χ0n) is 11.4. The van der Waals surface area contributed by atoms with Crippen LogP contribution in [-0.2, 0) is 10.0 Å². The van der Waals surface area contributed by atoms with E-state index in [2.05, 4.69) is 4.72 Å². The summed E-state index contributed by atoms with van der Waals surface area (Å²) in [6.45, 7) is 1.82. The predicted molar refractivity (Wildman–Crippen MR) is 81.0 cm³/mol. The van der Waals surface area contributed by atoms with E-state index in [1.54, 1.807) is 6.92 Å². The van der Waals surface area contributed by atoms with Crippen molar-refractivity contribution in [2.75, 3.05) is 12.3 Å². The molecule has 0 aliphatic rings. The number of hydrogen-bond donors (Lipinski definition) is 2. The summed E-state index contributed by atoms with van der Waals surface area (Å²) in [5.41, 5.74) is 0.832. The summed E-state index contributed by atoms with van der Waals surface area (Å²) in [6, 6.07) is 13.6. The van der Waals surface area contributed by atoms with E-state index in [4.69, 9.17) is 0 Å². The standard InChI is InChI=1S/C15H19NO3S/c1-2-20(18,19)16-11-10-15(17)14-9-5-7-12-6-3-4-8-13(12)14/h3-9,15-17H,2,10-11H2,1H3. The number of hydrogen-bond acceptors (Lipinski definition) is 3. The quantitative estimate of drug-likeness (QED) is 0.858. The van der Waals surface area contributed by atoms with Crippen molar-refractivity contribution in [1.82, 2.24) is 4.72 Å². The third-order valence-electron chi connectivity index (χ3n) is 3.30. The summed E-state index contributed by atoms with van der Waals surface area (Å²) < 4.78 is 25.1. The highest BCUT2D eigenvalue weighted by Gasteiger charge is 2.12. The number of aliphatic hydroxyl groups is 1. The molecule has 0 saturated carbocycles. The van der Waals surface area contributed by atoms with Gasteiger partial charge in [-0.1, -0.05) is 42.5 Å². The van der Waals surface area contributed by atoms with Gasteiger partial charge in [0, 0.05) is 6.54 Å². The fourth-order valence-corrected chi connectivity index (χ4v) is 2.78. The number of aliphatic hydroxyl groups excluding tert-OH is 1. The topological polar surface area (TPSA) is 66.4 Å². The first kappa shape index (κ1) is 15.0. The Morgan fingerprint density at radius 2 is 1.85 bits per heavy atom. The molecule has 0 aromatic heterocycles. The van der Waals surface area contributed by atoms with Crippen molar-refractivity contribution < 1.29 is 13.5 Å². The third kappa shape index (κ3) is 3.56. The Morgan fingerprint density at radius 3 is 2.60 bits per heavy atom. The number of fused-ring (bicyclic) bond motifs is 1. The molecule has 5 heteroatoms. The molecule has 0 saturated heterocycles. The molecule has 4 nitrogen and oxygen atoms in total. The molecule has 108 valence electrons. The lowest BCUT2D eigenvalue weighted by molar-refractivity contribution is 0.170. The first-order chi connectivity index (χ1) is 9.53. The Hall–Kier alpha value is -1.43. The van der Waals surface area contributed by atoms with Gasteiger partial charge in [-0.3, -0.25) is 0 Å². The minimum Gasteiger partial charge on any atom is -0.388 e. The van der Waals surface area contributed by atoms with Crippen molar-refractivity contribution in [3.63, 3.8) is 0 Å². The van der Waals surface area contributed by atoms with Gasteiger partial charge in [0.05, 0.1) is 11.9 Å². The summed E-state index contributed by atoms with van der Waals surface area (Å²) in [5, 5.41) is 12.3. The van der Waals surface area contributed by atoms with Crippen LogP contribution in [0.2, 0.25) is 0 Å². The van der Waals surface area contributed by atoms with E-state index in [1.165, 1.54) is 0 Å². The summed E-state index contributed by atoms with van der Waals surface area (Å²) >= 11 is 0. The zero-order valence-corrected chi connectivity index (χ0v) is 12.2. The van der Waals surface area contributed by atoms with Gasteiger partial charge in [0.2, 0.25) is 10.0 Å². The molecule has 2 N–H and O–H groups in total. The summed E-state index contributed by atoms with van der Waals surface area (Å²) in [4.78, 5) is 0. The van der Waals surface area contributed by atoms with E-state index >= 15 is 0 Å². The molecule has 0 heterocycles. The lowest BCUT2D eigenvalue weighted by Gasteiger charge is -2.14. The second-order valence-electron chi connectivity index (χ2n) is 4.67. The Balaban J connectivity index is 2.10. The van der Waals surface area contributed by atoms with E-state index in [0.717, 1.165) is 16.3 Å². The maximum absolute atomic E-state index is 11.3. The Kier molecular flexibility index (Phi) is 4.75. The number of sulfonamides is 1. The molecule has 20 heavy (non-hydrogen) atoms. The molecular formula is C15H19NO3S. The molecule has 0 radical (unpaired) electrons. The Morgan fingerprint density at radius 1 is 1.15 bits per heavy atom. The molecule has 0 aliphatic carbocycles. The average molecular weight is 293 g/mol. The highest BCUT2D eigenvalue weighted by atomic mass is 32.2. The van der Waals surface area contributed by atoms with Gasteiger partial charge in [-0.2, -0.15) is 0 Å². The third-order valence-corrected chi connectivity index (χ3v) is 4.71. The van der Waals surface area contributed by atoms with Crippen LogP contribution >= 0.6 is 0 Å². The van der Waals surface area contributed by atoms with Crippen molar-refractivity contribution in [3.05, 3.63) is 48.0 Å². The van der Waals surface area contributed by atoms with Crippen LogP contribution in [0, 0.1) is 0 Å².